The van der Waals surface area contributed by atoms with Gasteiger partial charge in [-0.15, -0.1) is 12.4 Å². The van der Waals surface area contributed by atoms with E-state index < -0.39 is 0 Å². The fourth-order valence-electron chi connectivity index (χ4n) is 2.75. The van der Waals surface area contributed by atoms with E-state index in [1.165, 1.54) is 12.8 Å². The molecule has 2 rings (SSSR count). The molecule has 106 valence electrons. The van der Waals surface area contributed by atoms with Crippen molar-refractivity contribution < 1.29 is 4.79 Å². The summed E-state index contributed by atoms with van der Waals surface area (Å²) in [6.07, 6.45) is 4.77. The van der Waals surface area contributed by atoms with Gasteiger partial charge in [0, 0.05) is 24.3 Å². The van der Waals surface area contributed by atoms with Crippen molar-refractivity contribution in [2.45, 2.75) is 38.6 Å². The van der Waals surface area contributed by atoms with Gasteiger partial charge in [0.2, 0.25) is 0 Å². The van der Waals surface area contributed by atoms with Crippen LogP contribution in [-0.2, 0) is 0 Å². The number of benzene rings is 1. The van der Waals surface area contributed by atoms with Gasteiger partial charge in [-0.1, -0.05) is 19.8 Å². The van der Waals surface area contributed by atoms with Crippen LogP contribution in [0, 0.1) is 5.92 Å². The topological polar surface area (TPSA) is 46.3 Å². The maximum atomic E-state index is 12.3. The lowest BCUT2D eigenvalue weighted by molar-refractivity contribution is 0.0672. The van der Waals surface area contributed by atoms with Crippen LogP contribution >= 0.6 is 12.4 Å². The Morgan fingerprint density at radius 2 is 1.89 bits per heavy atom. The van der Waals surface area contributed by atoms with Crippen molar-refractivity contribution in [3.63, 3.8) is 0 Å². The van der Waals surface area contributed by atoms with Gasteiger partial charge in [0.1, 0.15) is 0 Å². The molecule has 1 fully saturated rings. The molecular weight excluding hydrogens is 260 g/mol. The molecule has 2 atom stereocenters. The third-order valence-corrected chi connectivity index (χ3v) is 3.93. The molecule has 1 aromatic rings. The summed E-state index contributed by atoms with van der Waals surface area (Å²) >= 11 is 0. The largest absolute Gasteiger partial charge is 0.399 e. The Balaban J connectivity index is 0.00000180. The van der Waals surface area contributed by atoms with Crippen LogP contribution in [0.15, 0.2) is 24.3 Å². The molecule has 3 nitrogen and oxygen atoms in total. The van der Waals surface area contributed by atoms with Gasteiger partial charge in [-0.05, 0) is 43.0 Å². The molecule has 2 N–H and O–H groups in total. The van der Waals surface area contributed by atoms with E-state index >= 15 is 0 Å². The summed E-state index contributed by atoms with van der Waals surface area (Å²) < 4.78 is 0. The number of halogens is 1. The highest BCUT2D eigenvalue weighted by Gasteiger charge is 2.25. The second kappa shape index (κ2) is 6.80. The molecule has 0 bridgehead atoms. The Hall–Kier alpha value is -1.22. The molecule has 19 heavy (non-hydrogen) atoms. The second-order valence-electron chi connectivity index (χ2n) is 5.46. The SMILES string of the molecule is CC1CCCC(N(C)C(=O)c2ccc(N)cc2)C1.Cl. The fourth-order valence-corrected chi connectivity index (χ4v) is 2.75. The normalized spacial score (nSPS) is 22.4. The van der Waals surface area contributed by atoms with E-state index in [1.54, 1.807) is 24.3 Å². The lowest BCUT2D eigenvalue weighted by Gasteiger charge is -2.34. The number of anilines is 1. The highest BCUT2D eigenvalue weighted by Crippen LogP contribution is 2.27. The van der Waals surface area contributed by atoms with E-state index in [1.807, 2.05) is 11.9 Å². The van der Waals surface area contributed by atoms with Crippen LogP contribution in [-0.4, -0.2) is 23.9 Å². The van der Waals surface area contributed by atoms with Gasteiger partial charge in [0.05, 0.1) is 0 Å². The molecule has 0 spiro atoms. The number of hydrogen-bond donors (Lipinski definition) is 1. The van der Waals surface area contributed by atoms with Crippen LogP contribution in [0.25, 0.3) is 0 Å². The van der Waals surface area contributed by atoms with E-state index in [-0.39, 0.29) is 18.3 Å². The number of nitrogen functional groups attached to an aromatic ring is 1. The van der Waals surface area contributed by atoms with E-state index in [0.29, 0.717) is 11.7 Å². The molecule has 1 aromatic carbocycles. The average molecular weight is 283 g/mol. The molecule has 0 radical (unpaired) electrons. The van der Waals surface area contributed by atoms with Crippen molar-refractivity contribution >= 4 is 24.0 Å². The van der Waals surface area contributed by atoms with Crippen LogP contribution in [0.5, 0.6) is 0 Å². The Morgan fingerprint density at radius 3 is 2.47 bits per heavy atom. The third-order valence-electron chi connectivity index (χ3n) is 3.93. The average Bonchev–Trinajstić information content (AvgIpc) is 2.38. The summed E-state index contributed by atoms with van der Waals surface area (Å²) in [6.45, 7) is 2.27. The van der Waals surface area contributed by atoms with Gasteiger partial charge in [-0.3, -0.25) is 4.79 Å². The van der Waals surface area contributed by atoms with Crippen LogP contribution in [0.4, 0.5) is 5.69 Å². The van der Waals surface area contributed by atoms with Crippen molar-refractivity contribution in [2.24, 2.45) is 5.92 Å². The van der Waals surface area contributed by atoms with Crippen LogP contribution in [0.2, 0.25) is 0 Å². The quantitative estimate of drug-likeness (QED) is 0.846. The second-order valence-corrected chi connectivity index (χ2v) is 5.46. The highest BCUT2D eigenvalue weighted by molar-refractivity contribution is 5.94. The minimum atomic E-state index is 0. The Labute approximate surface area is 121 Å². The summed E-state index contributed by atoms with van der Waals surface area (Å²) in [5.41, 5.74) is 7.06. The van der Waals surface area contributed by atoms with E-state index in [4.69, 9.17) is 5.73 Å². The number of nitrogens with zero attached hydrogens (tertiary/aromatic N) is 1. The monoisotopic (exact) mass is 282 g/mol. The first kappa shape index (κ1) is 15.8. The van der Waals surface area contributed by atoms with Gasteiger partial charge in [-0.2, -0.15) is 0 Å². The lowest BCUT2D eigenvalue weighted by Crippen LogP contribution is -2.39. The van der Waals surface area contributed by atoms with E-state index in [2.05, 4.69) is 6.92 Å². The zero-order valence-electron chi connectivity index (χ0n) is 11.6. The van der Waals surface area contributed by atoms with Gasteiger partial charge in [-0.25, -0.2) is 0 Å². The summed E-state index contributed by atoms with van der Waals surface area (Å²) in [5, 5.41) is 0. The Morgan fingerprint density at radius 1 is 1.26 bits per heavy atom. The summed E-state index contributed by atoms with van der Waals surface area (Å²) in [7, 11) is 1.92. The molecule has 2 unspecified atom stereocenters. The maximum Gasteiger partial charge on any atom is 0.253 e. The first-order chi connectivity index (χ1) is 8.58. The molecule has 1 aliphatic rings. The van der Waals surface area contributed by atoms with Gasteiger partial charge < -0.3 is 10.6 Å². The summed E-state index contributed by atoms with van der Waals surface area (Å²) in [6, 6.07) is 7.56. The maximum absolute atomic E-state index is 12.3. The number of amides is 1. The van der Waals surface area contributed by atoms with E-state index in [0.717, 1.165) is 24.3 Å². The first-order valence-electron chi connectivity index (χ1n) is 6.70. The minimum Gasteiger partial charge on any atom is -0.399 e. The number of rotatable bonds is 2. The number of carbonyl (C=O) groups excluding carboxylic acids is 1. The zero-order chi connectivity index (χ0) is 13.1. The number of nitrogens with two attached hydrogens (primary N) is 1. The third kappa shape index (κ3) is 3.87. The molecule has 4 heteroatoms. The molecule has 0 heterocycles. The smallest absolute Gasteiger partial charge is 0.253 e. The highest BCUT2D eigenvalue weighted by atomic mass is 35.5. The summed E-state index contributed by atoms with van der Waals surface area (Å²) in [4.78, 5) is 14.3. The molecule has 1 aliphatic carbocycles. The van der Waals surface area contributed by atoms with Gasteiger partial charge in [0.15, 0.2) is 0 Å². The molecule has 0 aliphatic heterocycles. The molecule has 0 aromatic heterocycles. The zero-order valence-corrected chi connectivity index (χ0v) is 12.5. The lowest BCUT2D eigenvalue weighted by atomic mass is 9.86. The van der Waals surface area contributed by atoms with Crippen LogP contribution in [0.1, 0.15) is 43.0 Å². The van der Waals surface area contributed by atoms with Gasteiger partial charge in [0.25, 0.3) is 5.91 Å². The number of hydrogen-bond acceptors (Lipinski definition) is 2. The predicted molar refractivity (Wildman–Crippen MR) is 81.6 cm³/mol. The summed E-state index contributed by atoms with van der Waals surface area (Å²) in [5.74, 6) is 0.833. The molecule has 0 saturated heterocycles. The molecular formula is C15H23ClN2O. The van der Waals surface area contributed by atoms with Crippen molar-refractivity contribution in [1.82, 2.24) is 4.90 Å². The molecule has 1 amide bonds. The fraction of sp³-hybridized carbons (Fsp3) is 0.533. The molecule has 1 saturated carbocycles. The number of carbonyl (C=O) groups is 1. The van der Waals surface area contributed by atoms with Crippen molar-refractivity contribution in [2.75, 3.05) is 12.8 Å². The van der Waals surface area contributed by atoms with Crippen molar-refractivity contribution in [3.05, 3.63) is 29.8 Å². The Kier molecular flexibility index (Phi) is 5.67. The van der Waals surface area contributed by atoms with Gasteiger partial charge >= 0.3 is 0 Å². The Bertz CT molecular complexity index is 419. The predicted octanol–water partition coefficient (Wildman–Crippen LogP) is 3.34. The van der Waals surface area contributed by atoms with Crippen molar-refractivity contribution in [1.29, 1.82) is 0 Å². The van der Waals surface area contributed by atoms with Crippen LogP contribution < -0.4 is 5.73 Å². The first-order valence-corrected chi connectivity index (χ1v) is 6.70. The van der Waals surface area contributed by atoms with Crippen LogP contribution in [0.3, 0.4) is 0 Å². The minimum absolute atomic E-state index is 0. The van der Waals surface area contributed by atoms with Crippen molar-refractivity contribution in [3.8, 4) is 0 Å². The standard InChI is InChI=1S/C15H22N2O.ClH/c1-11-4-3-5-14(10-11)17(2)15(18)12-6-8-13(16)9-7-12;/h6-9,11,14H,3-5,10,16H2,1-2H3;1H. The van der Waals surface area contributed by atoms with E-state index in [9.17, 15) is 4.79 Å².